The van der Waals surface area contributed by atoms with Gasteiger partial charge in [-0.15, -0.1) is 0 Å². The van der Waals surface area contributed by atoms with Crippen LogP contribution in [0.15, 0.2) is 48.5 Å². The van der Waals surface area contributed by atoms with E-state index < -0.39 is 29.4 Å². The van der Waals surface area contributed by atoms with E-state index in [-0.39, 0.29) is 12.5 Å². The first kappa shape index (κ1) is 18.6. The van der Waals surface area contributed by atoms with Gasteiger partial charge in [-0.05, 0) is 62.2 Å². The van der Waals surface area contributed by atoms with Crippen molar-refractivity contribution in [3.63, 3.8) is 0 Å². The standard InChI is InChI=1S/C19H19F2NO3/c1-12(2)22(16-8-6-14(20)7-9-16)18(23)17(19(24)25)11-13-4-3-5-15(21)10-13/h3-10,12,17H,11H2,1-2H3,(H,24,25). The van der Waals surface area contributed by atoms with Gasteiger partial charge in [-0.1, -0.05) is 12.1 Å². The fourth-order valence-corrected chi connectivity index (χ4v) is 2.63. The van der Waals surface area contributed by atoms with E-state index in [0.29, 0.717) is 11.3 Å². The van der Waals surface area contributed by atoms with Gasteiger partial charge in [0.15, 0.2) is 0 Å². The Balaban J connectivity index is 2.33. The lowest BCUT2D eigenvalue weighted by Gasteiger charge is -2.29. The molecule has 0 aliphatic rings. The summed E-state index contributed by atoms with van der Waals surface area (Å²) in [6.07, 6.45) is -0.129. The molecule has 0 bridgehead atoms. The smallest absolute Gasteiger partial charge is 0.316 e. The predicted octanol–water partition coefficient (Wildman–Crippen LogP) is 3.65. The molecule has 25 heavy (non-hydrogen) atoms. The van der Waals surface area contributed by atoms with Gasteiger partial charge in [0.2, 0.25) is 5.91 Å². The molecule has 0 fully saturated rings. The maximum Gasteiger partial charge on any atom is 0.316 e. The van der Waals surface area contributed by atoms with Crippen LogP contribution in [0.1, 0.15) is 19.4 Å². The summed E-state index contributed by atoms with van der Waals surface area (Å²) in [6, 6.07) is 10.4. The first-order valence-electron chi connectivity index (χ1n) is 7.85. The second-order valence-corrected chi connectivity index (χ2v) is 6.00. The number of carbonyl (C=O) groups is 2. The highest BCUT2D eigenvalue weighted by molar-refractivity contribution is 6.06. The van der Waals surface area contributed by atoms with Crippen LogP contribution in [0.25, 0.3) is 0 Å². The predicted molar refractivity (Wildman–Crippen MR) is 90.3 cm³/mol. The van der Waals surface area contributed by atoms with Crippen molar-refractivity contribution in [2.75, 3.05) is 4.90 Å². The molecule has 2 aromatic carbocycles. The number of aliphatic carboxylic acids is 1. The third-order valence-electron chi connectivity index (χ3n) is 3.78. The van der Waals surface area contributed by atoms with Crippen molar-refractivity contribution in [2.45, 2.75) is 26.3 Å². The summed E-state index contributed by atoms with van der Waals surface area (Å²) in [7, 11) is 0. The number of carbonyl (C=O) groups excluding carboxylic acids is 1. The first-order valence-corrected chi connectivity index (χ1v) is 7.85. The van der Waals surface area contributed by atoms with Crippen LogP contribution >= 0.6 is 0 Å². The molecule has 6 heteroatoms. The zero-order valence-corrected chi connectivity index (χ0v) is 13.9. The molecule has 0 radical (unpaired) electrons. The quantitative estimate of drug-likeness (QED) is 0.812. The monoisotopic (exact) mass is 347 g/mol. The lowest BCUT2D eigenvalue weighted by Crippen LogP contribution is -2.44. The third kappa shape index (κ3) is 4.62. The van der Waals surface area contributed by atoms with Gasteiger partial charge in [-0.2, -0.15) is 0 Å². The molecular weight excluding hydrogens is 328 g/mol. The molecule has 0 aliphatic carbocycles. The summed E-state index contributed by atoms with van der Waals surface area (Å²) in [5.41, 5.74) is 0.829. The van der Waals surface area contributed by atoms with E-state index in [1.807, 2.05) is 0 Å². The number of amides is 1. The zero-order valence-electron chi connectivity index (χ0n) is 13.9. The van der Waals surface area contributed by atoms with Crippen LogP contribution in [-0.4, -0.2) is 23.0 Å². The van der Waals surface area contributed by atoms with Crippen molar-refractivity contribution in [1.29, 1.82) is 0 Å². The van der Waals surface area contributed by atoms with Crippen LogP contribution in [0.2, 0.25) is 0 Å². The molecule has 132 valence electrons. The Hall–Kier alpha value is -2.76. The van der Waals surface area contributed by atoms with Crippen molar-refractivity contribution in [3.05, 3.63) is 65.7 Å². The molecule has 0 aliphatic heterocycles. The van der Waals surface area contributed by atoms with Crippen LogP contribution in [-0.2, 0) is 16.0 Å². The second-order valence-electron chi connectivity index (χ2n) is 6.00. The summed E-state index contributed by atoms with van der Waals surface area (Å²) in [4.78, 5) is 25.8. The molecule has 1 amide bonds. The minimum atomic E-state index is -1.37. The molecule has 1 atom stereocenters. The van der Waals surface area contributed by atoms with E-state index in [9.17, 15) is 23.5 Å². The third-order valence-corrected chi connectivity index (χ3v) is 3.78. The van der Waals surface area contributed by atoms with Crippen molar-refractivity contribution in [3.8, 4) is 0 Å². The first-order chi connectivity index (χ1) is 11.8. The van der Waals surface area contributed by atoms with Crippen molar-refractivity contribution in [1.82, 2.24) is 0 Å². The number of halogens is 2. The van der Waals surface area contributed by atoms with Gasteiger partial charge in [-0.3, -0.25) is 9.59 Å². The maximum atomic E-state index is 13.3. The van der Waals surface area contributed by atoms with Crippen LogP contribution in [0.4, 0.5) is 14.5 Å². The fraction of sp³-hybridized carbons (Fsp3) is 0.263. The Bertz CT molecular complexity index is 760. The number of carboxylic acid groups (broad SMARTS) is 1. The Morgan fingerprint density at radius 2 is 1.68 bits per heavy atom. The second kappa shape index (κ2) is 7.88. The minimum absolute atomic E-state index is 0.129. The topological polar surface area (TPSA) is 57.6 Å². The molecule has 2 aromatic rings. The van der Waals surface area contributed by atoms with Crippen molar-refractivity contribution >= 4 is 17.6 Å². The van der Waals surface area contributed by atoms with Crippen molar-refractivity contribution < 1.29 is 23.5 Å². The van der Waals surface area contributed by atoms with Gasteiger partial charge in [0, 0.05) is 11.7 Å². The van der Waals surface area contributed by atoms with Gasteiger partial charge in [-0.25, -0.2) is 8.78 Å². The summed E-state index contributed by atoms with van der Waals surface area (Å²) >= 11 is 0. The highest BCUT2D eigenvalue weighted by Gasteiger charge is 2.33. The van der Waals surface area contributed by atoms with E-state index in [4.69, 9.17) is 0 Å². The lowest BCUT2D eigenvalue weighted by atomic mass is 9.97. The van der Waals surface area contributed by atoms with Gasteiger partial charge in [0.05, 0.1) is 0 Å². The number of hydrogen-bond acceptors (Lipinski definition) is 2. The van der Waals surface area contributed by atoms with Gasteiger partial charge in [0.25, 0.3) is 0 Å². The number of carboxylic acids is 1. The zero-order chi connectivity index (χ0) is 18.6. The molecule has 1 N–H and O–H groups in total. The lowest BCUT2D eigenvalue weighted by molar-refractivity contribution is -0.146. The molecule has 0 heterocycles. The number of anilines is 1. The Morgan fingerprint density at radius 1 is 1.04 bits per heavy atom. The summed E-state index contributed by atoms with van der Waals surface area (Å²) in [6.45, 7) is 3.48. The van der Waals surface area contributed by atoms with Crippen LogP contribution in [0.3, 0.4) is 0 Å². The molecule has 0 spiro atoms. The van der Waals surface area contributed by atoms with Crippen LogP contribution in [0.5, 0.6) is 0 Å². The van der Waals surface area contributed by atoms with Gasteiger partial charge < -0.3 is 10.0 Å². The van der Waals surface area contributed by atoms with Gasteiger partial charge >= 0.3 is 5.97 Å². The SMILES string of the molecule is CC(C)N(C(=O)C(Cc1cccc(F)c1)C(=O)O)c1ccc(F)cc1. The average Bonchev–Trinajstić information content (AvgIpc) is 2.54. The molecular formula is C19H19F2NO3. The highest BCUT2D eigenvalue weighted by atomic mass is 19.1. The van der Waals surface area contributed by atoms with Crippen LogP contribution < -0.4 is 4.90 Å². The largest absolute Gasteiger partial charge is 0.481 e. The molecule has 2 rings (SSSR count). The van der Waals surface area contributed by atoms with Crippen molar-refractivity contribution in [2.24, 2.45) is 5.92 Å². The van der Waals surface area contributed by atoms with E-state index in [1.165, 1.54) is 47.4 Å². The van der Waals surface area contributed by atoms with E-state index in [0.717, 1.165) is 0 Å². The molecule has 4 nitrogen and oxygen atoms in total. The fourth-order valence-electron chi connectivity index (χ4n) is 2.63. The number of nitrogens with zero attached hydrogens (tertiary/aromatic N) is 1. The summed E-state index contributed by atoms with van der Waals surface area (Å²) in [5, 5.41) is 9.49. The molecule has 0 saturated carbocycles. The average molecular weight is 347 g/mol. The van der Waals surface area contributed by atoms with E-state index >= 15 is 0 Å². The Morgan fingerprint density at radius 3 is 2.20 bits per heavy atom. The Labute approximate surface area is 144 Å². The van der Waals surface area contributed by atoms with E-state index in [2.05, 4.69) is 0 Å². The normalized spacial score (nSPS) is 12.0. The number of hydrogen-bond donors (Lipinski definition) is 1. The molecule has 1 unspecified atom stereocenters. The number of benzene rings is 2. The van der Waals surface area contributed by atoms with Gasteiger partial charge in [0.1, 0.15) is 17.6 Å². The summed E-state index contributed by atoms with van der Waals surface area (Å²) in [5.74, 6) is -4.22. The van der Waals surface area contributed by atoms with E-state index in [1.54, 1.807) is 19.9 Å². The summed E-state index contributed by atoms with van der Waals surface area (Å²) < 4.78 is 26.5. The maximum absolute atomic E-state index is 13.3. The van der Waals surface area contributed by atoms with Crippen LogP contribution in [0, 0.1) is 17.6 Å². The number of rotatable bonds is 6. The Kier molecular flexibility index (Phi) is 5.85. The molecule has 0 saturated heterocycles. The highest BCUT2D eigenvalue weighted by Crippen LogP contribution is 2.22. The minimum Gasteiger partial charge on any atom is -0.481 e. The molecule has 0 aromatic heterocycles.